The Balaban J connectivity index is 1.58. The van der Waals surface area contributed by atoms with Gasteiger partial charge in [-0.3, -0.25) is 14.2 Å². The predicted octanol–water partition coefficient (Wildman–Crippen LogP) is 3.64. The quantitative estimate of drug-likeness (QED) is 0.596. The monoisotopic (exact) mass is 417 g/mol. The van der Waals surface area contributed by atoms with Gasteiger partial charge in [0.1, 0.15) is 12.4 Å². The van der Waals surface area contributed by atoms with Crippen LogP contribution in [0.1, 0.15) is 6.42 Å². The van der Waals surface area contributed by atoms with Crippen molar-refractivity contribution in [3.05, 3.63) is 68.7 Å². The van der Waals surface area contributed by atoms with Crippen molar-refractivity contribution in [1.82, 2.24) is 14.5 Å². The number of para-hydroxylation sites is 2. The molecule has 146 valence electrons. The summed E-state index contributed by atoms with van der Waals surface area (Å²) in [4.78, 5) is 29.6. The third kappa shape index (κ3) is 4.61. The van der Waals surface area contributed by atoms with Crippen LogP contribution in [0.15, 0.2) is 53.3 Å². The summed E-state index contributed by atoms with van der Waals surface area (Å²) in [7, 11) is 1.70. The van der Waals surface area contributed by atoms with E-state index in [1.165, 1.54) is 4.57 Å². The highest BCUT2D eigenvalue weighted by atomic mass is 35.5. The molecule has 0 bridgehead atoms. The van der Waals surface area contributed by atoms with Crippen molar-refractivity contribution in [2.75, 3.05) is 20.2 Å². The molecule has 6 nitrogen and oxygen atoms in total. The normalized spacial score (nSPS) is 10.8. The Morgan fingerprint density at radius 2 is 1.93 bits per heavy atom. The van der Waals surface area contributed by atoms with Crippen LogP contribution in [0.2, 0.25) is 5.02 Å². The summed E-state index contributed by atoms with van der Waals surface area (Å²) in [5.41, 5.74) is 0.491. The Hall–Kier alpha value is -2.64. The van der Waals surface area contributed by atoms with E-state index < -0.39 is 0 Å². The molecule has 0 spiro atoms. The smallest absolute Gasteiger partial charge is 0.262 e. The van der Waals surface area contributed by atoms with Crippen molar-refractivity contribution in [3.8, 4) is 5.75 Å². The highest BCUT2D eigenvalue weighted by Gasteiger charge is 2.12. The Morgan fingerprint density at radius 3 is 2.71 bits per heavy atom. The lowest BCUT2D eigenvalue weighted by molar-refractivity contribution is -0.130. The van der Waals surface area contributed by atoms with Crippen LogP contribution in [-0.2, 0) is 11.3 Å². The number of hydrogen-bond acceptors (Lipinski definition) is 4. The number of carbonyl (C=O) groups excluding carboxylic acids is 1. The fourth-order valence-corrected chi connectivity index (χ4v) is 3.25. The van der Waals surface area contributed by atoms with Gasteiger partial charge in [-0.25, -0.2) is 0 Å². The van der Waals surface area contributed by atoms with Gasteiger partial charge in [0.05, 0.1) is 22.5 Å². The molecule has 2 aromatic carbocycles. The summed E-state index contributed by atoms with van der Waals surface area (Å²) in [6.45, 7) is 0.943. The maximum Gasteiger partial charge on any atom is 0.262 e. The number of rotatable bonds is 7. The minimum Gasteiger partial charge on any atom is -0.490 e. The average Bonchev–Trinajstić information content (AvgIpc) is 2.69. The van der Waals surface area contributed by atoms with E-state index in [1.807, 2.05) is 18.2 Å². The van der Waals surface area contributed by atoms with Crippen LogP contribution in [-0.4, -0.2) is 40.6 Å². The number of likely N-dealkylation sites (N-methyl/N-ethyl adjacent to an activating group) is 1. The lowest BCUT2D eigenvalue weighted by Gasteiger charge is -2.18. The number of ether oxygens (including phenoxy) is 1. The minimum atomic E-state index is -0.197. The Kier molecular flexibility index (Phi) is 6.49. The zero-order valence-electron chi connectivity index (χ0n) is 15.4. The van der Waals surface area contributed by atoms with Crippen LogP contribution in [0.4, 0.5) is 0 Å². The largest absolute Gasteiger partial charge is 0.490 e. The molecule has 0 saturated carbocycles. The topological polar surface area (TPSA) is 67.3 Å². The summed E-state index contributed by atoms with van der Waals surface area (Å²) in [6, 6.07) is 14.3. The molecule has 3 aromatic rings. The van der Waals surface area contributed by atoms with Gasteiger partial charge < -0.3 is 14.6 Å². The van der Waals surface area contributed by atoms with Crippen LogP contribution < -0.4 is 10.3 Å². The van der Waals surface area contributed by atoms with Crippen LogP contribution in [0.25, 0.3) is 10.9 Å². The number of aromatic nitrogens is 2. The molecule has 3 rings (SSSR count). The molecule has 0 saturated heterocycles. The van der Waals surface area contributed by atoms with Crippen molar-refractivity contribution in [2.24, 2.45) is 0 Å². The molecule has 1 amide bonds. The zero-order chi connectivity index (χ0) is 20.1. The van der Waals surface area contributed by atoms with Crippen LogP contribution >= 0.6 is 23.8 Å². The van der Waals surface area contributed by atoms with E-state index in [2.05, 4.69) is 4.98 Å². The first-order valence-electron chi connectivity index (χ1n) is 8.80. The van der Waals surface area contributed by atoms with Crippen LogP contribution in [0.5, 0.6) is 5.75 Å². The van der Waals surface area contributed by atoms with E-state index in [4.69, 9.17) is 28.6 Å². The number of nitrogens with zero attached hydrogens (tertiary/aromatic N) is 2. The number of benzene rings is 2. The lowest BCUT2D eigenvalue weighted by Crippen LogP contribution is -2.32. The Morgan fingerprint density at radius 1 is 1.21 bits per heavy atom. The van der Waals surface area contributed by atoms with Gasteiger partial charge in [-0.1, -0.05) is 35.9 Å². The summed E-state index contributed by atoms with van der Waals surface area (Å²) in [5, 5.41) is 1.08. The molecule has 28 heavy (non-hydrogen) atoms. The molecule has 0 fully saturated rings. The van der Waals surface area contributed by atoms with Gasteiger partial charge in [0, 0.05) is 20.0 Å². The summed E-state index contributed by atoms with van der Waals surface area (Å²) in [6.07, 6.45) is 0.165. The lowest BCUT2D eigenvalue weighted by atomic mass is 10.2. The second-order valence-corrected chi connectivity index (χ2v) is 7.07. The Bertz CT molecular complexity index is 1110. The molecule has 0 unspecified atom stereocenters. The first kappa shape index (κ1) is 20.1. The molecule has 0 atom stereocenters. The maximum atomic E-state index is 12.6. The third-order valence-corrected chi connectivity index (χ3v) is 5.02. The number of amides is 1. The van der Waals surface area contributed by atoms with E-state index in [9.17, 15) is 9.59 Å². The first-order chi connectivity index (χ1) is 13.5. The van der Waals surface area contributed by atoms with Gasteiger partial charge in [-0.05, 0) is 36.5 Å². The molecule has 0 radical (unpaired) electrons. The standard InChI is InChI=1S/C20H20ClN3O3S/c1-23(12-13-27-17-9-5-3-7-15(17)21)18(25)10-11-24-19(26)14-6-2-4-8-16(14)22-20(24)28/h2-9H,10-13H2,1H3,(H,22,28). The fourth-order valence-electron chi connectivity index (χ4n) is 2.78. The van der Waals surface area contributed by atoms with E-state index in [0.717, 1.165) is 0 Å². The second kappa shape index (κ2) is 9.03. The number of fused-ring (bicyclic) bond motifs is 1. The number of halogens is 1. The van der Waals surface area contributed by atoms with Gasteiger partial charge in [0.25, 0.3) is 5.56 Å². The summed E-state index contributed by atoms with van der Waals surface area (Å²) < 4.78 is 7.33. The van der Waals surface area contributed by atoms with E-state index >= 15 is 0 Å². The van der Waals surface area contributed by atoms with Crippen molar-refractivity contribution in [3.63, 3.8) is 0 Å². The molecule has 0 aliphatic heterocycles. The number of hydrogen-bond donors (Lipinski definition) is 1. The van der Waals surface area contributed by atoms with Crippen LogP contribution in [0.3, 0.4) is 0 Å². The average molecular weight is 418 g/mol. The van der Waals surface area contributed by atoms with E-state index in [-0.39, 0.29) is 24.4 Å². The first-order valence-corrected chi connectivity index (χ1v) is 9.59. The molecular formula is C20H20ClN3O3S. The van der Waals surface area contributed by atoms with Crippen molar-refractivity contribution in [2.45, 2.75) is 13.0 Å². The Labute approximate surface area is 172 Å². The van der Waals surface area contributed by atoms with Crippen molar-refractivity contribution in [1.29, 1.82) is 0 Å². The molecule has 1 heterocycles. The molecule has 1 aromatic heterocycles. The number of H-pyrrole nitrogens is 1. The molecule has 8 heteroatoms. The van der Waals surface area contributed by atoms with E-state index in [0.29, 0.717) is 39.6 Å². The summed E-state index contributed by atoms with van der Waals surface area (Å²) >= 11 is 11.3. The SMILES string of the molecule is CN(CCOc1ccccc1Cl)C(=O)CCn1c(=S)[nH]c2ccccc2c1=O. The number of nitrogens with one attached hydrogen (secondary N) is 1. The third-order valence-electron chi connectivity index (χ3n) is 4.39. The van der Waals surface area contributed by atoms with E-state index in [1.54, 1.807) is 42.3 Å². The second-order valence-electron chi connectivity index (χ2n) is 6.28. The van der Waals surface area contributed by atoms with Crippen molar-refractivity contribution >= 4 is 40.6 Å². The van der Waals surface area contributed by atoms with Gasteiger partial charge >= 0.3 is 0 Å². The van der Waals surface area contributed by atoms with Crippen LogP contribution in [0, 0.1) is 4.77 Å². The van der Waals surface area contributed by atoms with Gasteiger partial charge in [-0.15, -0.1) is 0 Å². The van der Waals surface area contributed by atoms with Crippen molar-refractivity contribution < 1.29 is 9.53 Å². The summed E-state index contributed by atoms with van der Waals surface area (Å²) in [5.74, 6) is 0.483. The number of carbonyl (C=O) groups is 1. The minimum absolute atomic E-state index is 0.0998. The molecular weight excluding hydrogens is 398 g/mol. The number of aromatic amines is 1. The van der Waals surface area contributed by atoms with Gasteiger partial charge in [0.15, 0.2) is 4.77 Å². The predicted molar refractivity (Wildman–Crippen MR) is 113 cm³/mol. The van der Waals surface area contributed by atoms with Gasteiger partial charge in [-0.2, -0.15) is 0 Å². The maximum absolute atomic E-state index is 12.6. The highest BCUT2D eigenvalue weighted by Crippen LogP contribution is 2.22. The highest BCUT2D eigenvalue weighted by molar-refractivity contribution is 7.71. The molecule has 0 aliphatic carbocycles. The van der Waals surface area contributed by atoms with Gasteiger partial charge in [0.2, 0.25) is 5.91 Å². The zero-order valence-corrected chi connectivity index (χ0v) is 16.9. The fraction of sp³-hybridized carbons (Fsp3) is 0.250. The molecule has 0 aliphatic rings. The molecule has 1 N–H and O–H groups in total.